The molecule has 1 aliphatic heterocycles. The van der Waals surface area contributed by atoms with Gasteiger partial charge in [0.25, 0.3) is 0 Å². The molecule has 2 aromatic heterocycles. The molecule has 23 heavy (non-hydrogen) atoms. The molecule has 0 saturated heterocycles. The summed E-state index contributed by atoms with van der Waals surface area (Å²) in [6, 6.07) is 10.7. The molecule has 0 radical (unpaired) electrons. The molecule has 1 saturated carbocycles. The first-order valence-corrected chi connectivity index (χ1v) is 8.47. The summed E-state index contributed by atoms with van der Waals surface area (Å²) in [6.07, 6.45) is 3.65. The van der Waals surface area contributed by atoms with E-state index in [9.17, 15) is 0 Å². The van der Waals surface area contributed by atoms with Crippen molar-refractivity contribution < 1.29 is 0 Å². The zero-order chi connectivity index (χ0) is 15.4. The molecule has 1 fully saturated rings. The van der Waals surface area contributed by atoms with Gasteiger partial charge in [0.15, 0.2) is 0 Å². The number of aromatic nitrogens is 3. The van der Waals surface area contributed by atoms with Gasteiger partial charge < -0.3 is 4.90 Å². The third kappa shape index (κ3) is 2.12. The Balaban J connectivity index is 1.59. The van der Waals surface area contributed by atoms with Crippen LogP contribution >= 0.6 is 0 Å². The fourth-order valence-corrected chi connectivity index (χ4v) is 3.76. The predicted octanol–water partition coefficient (Wildman–Crippen LogP) is 3.71. The molecule has 1 aromatic carbocycles. The van der Waals surface area contributed by atoms with Gasteiger partial charge in [-0.1, -0.05) is 18.2 Å². The third-order valence-corrected chi connectivity index (χ3v) is 5.09. The molecule has 1 N–H and O–H groups in total. The molecule has 5 rings (SSSR count). The van der Waals surface area contributed by atoms with Gasteiger partial charge in [0.2, 0.25) is 0 Å². The van der Waals surface area contributed by atoms with Crippen LogP contribution in [0.3, 0.4) is 0 Å². The summed E-state index contributed by atoms with van der Waals surface area (Å²) in [5.41, 5.74) is 7.58. The summed E-state index contributed by atoms with van der Waals surface area (Å²) in [5, 5.41) is 9.13. The summed E-state index contributed by atoms with van der Waals surface area (Å²) in [5.74, 6) is 0.700. The molecule has 4 heteroatoms. The maximum atomic E-state index is 4.68. The van der Waals surface area contributed by atoms with Crippen molar-refractivity contribution in [1.82, 2.24) is 15.2 Å². The van der Waals surface area contributed by atoms with E-state index in [0.717, 1.165) is 30.7 Å². The molecule has 116 valence electrons. The van der Waals surface area contributed by atoms with Crippen molar-refractivity contribution in [2.24, 2.45) is 0 Å². The predicted molar refractivity (Wildman–Crippen MR) is 91.8 cm³/mol. The fourth-order valence-electron chi connectivity index (χ4n) is 3.76. The van der Waals surface area contributed by atoms with Crippen LogP contribution in [-0.4, -0.2) is 21.7 Å². The minimum absolute atomic E-state index is 0.700. The average Bonchev–Trinajstić information content (AvgIpc) is 3.33. The number of hydrogen-bond donors (Lipinski definition) is 1. The molecule has 1 aliphatic carbocycles. The SMILES string of the molecule is Cc1cc(N2CCc3[nH]nc(C4CC4)c3C2)c2ccccc2n1. The average molecular weight is 304 g/mol. The van der Waals surface area contributed by atoms with Crippen molar-refractivity contribution in [1.29, 1.82) is 0 Å². The van der Waals surface area contributed by atoms with Crippen molar-refractivity contribution in [3.63, 3.8) is 0 Å². The Morgan fingerprint density at radius 3 is 2.96 bits per heavy atom. The highest BCUT2D eigenvalue weighted by molar-refractivity contribution is 5.92. The Bertz CT molecular complexity index is 892. The molecular weight excluding hydrogens is 284 g/mol. The van der Waals surface area contributed by atoms with E-state index < -0.39 is 0 Å². The quantitative estimate of drug-likeness (QED) is 0.785. The lowest BCUT2D eigenvalue weighted by molar-refractivity contribution is 0.719. The van der Waals surface area contributed by atoms with Crippen LogP contribution in [0.15, 0.2) is 30.3 Å². The Hall–Kier alpha value is -2.36. The second-order valence-corrected chi connectivity index (χ2v) is 6.81. The first kappa shape index (κ1) is 13.1. The molecule has 0 spiro atoms. The zero-order valence-corrected chi connectivity index (χ0v) is 13.3. The Kier molecular flexibility index (Phi) is 2.75. The van der Waals surface area contributed by atoms with Gasteiger partial charge in [0.1, 0.15) is 0 Å². The second-order valence-electron chi connectivity index (χ2n) is 6.81. The smallest absolute Gasteiger partial charge is 0.0726 e. The molecule has 0 unspecified atom stereocenters. The number of fused-ring (bicyclic) bond motifs is 2. The number of aromatic amines is 1. The fraction of sp³-hybridized carbons (Fsp3) is 0.368. The lowest BCUT2D eigenvalue weighted by atomic mass is 10.0. The van der Waals surface area contributed by atoms with E-state index >= 15 is 0 Å². The molecule has 3 heterocycles. The van der Waals surface area contributed by atoms with E-state index in [-0.39, 0.29) is 0 Å². The summed E-state index contributed by atoms with van der Waals surface area (Å²) in [4.78, 5) is 7.18. The van der Waals surface area contributed by atoms with E-state index in [1.54, 1.807) is 0 Å². The van der Waals surface area contributed by atoms with Crippen LogP contribution < -0.4 is 4.90 Å². The molecule has 3 aromatic rings. The van der Waals surface area contributed by atoms with Crippen molar-refractivity contribution in [2.75, 3.05) is 11.4 Å². The second kappa shape index (κ2) is 4.82. The number of hydrogen-bond acceptors (Lipinski definition) is 3. The Morgan fingerprint density at radius 1 is 1.22 bits per heavy atom. The van der Waals surface area contributed by atoms with Gasteiger partial charge in [-0.3, -0.25) is 10.1 Å². The minimum atomic E-state index is 0.700. The molecule has 0 amide bonds. The Morgan fingerprint density at radius 2 is 2.09 bits per heavy atom. The topological polar surface area (TPSA) is 44.8 Å². The molecular formula is C19H20N4. The first-order valence-electron chi connectivity index (χ1n) is 8.47. The number of benzene rings is 1. The van der Waals surface area contributed by atoms with Crippen molar-refractivity contribution in [3.8, 4) is 0 Å². The van der Waals surface area contributed by atoms with Gasteiger partial charge in [0, 0.05) is 53.5 Å². The van der Waals surface area contributed by atoms with Crippen LogP contribution in [0.2, 0.25) is 0 Å². The number of nitrogens with one attached hydrogen (secondary N) is 1. The molecule has 0 atom stereocenters. The highest BCUT2D eigenvalue weighted by Gasteiger charge is 2.32. The summed E-state index contributed by atoms with van der Waals surface area (Å²) < 4.78 is 0. The zero-order valence-electron chi connectivity index (χ0n) is 13.3. The van der Waals surface area contributed by atoms with E-state index in [1.165, 1.54) is 40.9 Å². The van der Waals surface area contributed by atoms with Crippen LogP contribution in [0.25, 0.3) is 10.9 Å². The number of nitrogens with zero attached hydrogens (tertiary/aromatic N) is 3. The number of para-hydroxylation sites is 1. The molecule has 2 aliphatic rings. The minimum Gasteiger partial charge on any atom is -0.366 e. The van der Waals surface area contributed by atoms with Gasteiger partial charge in [-0.05, 0) is 31.9 Å². The summed E-state index contributed by atoms with van der Waals surface area (Å²) in [7, 11) is 0. The van der Waals surface area contributed by atoms with Crippen LogP contribution in [0.5, 0.6) is 0 Å². The van der Waals surface area contributed by atoms with Crippen molar-refractivity contribution in [3.05, 3.63) is 53.0 Å². The van der Waals surface area contributed by atoms with E-state index in [1.807, 2.05) is 0 Å². The number of anilines is 1. The first-order chi connectivity index (χ1) is 11.3. The van der Waals surface area contributed by atoms with Gasteiger partial charge >= 0.3 is 0 Å². The van der Waals surface area contributed by atoms with Gasteiger partial charge in [-0.15, -0.1) is 0 Å². The van der Waals surface area contributed by atoms with E-state index in [0.29, 0.717) is 5.92 Å². The van der Waals surface area contributed by atoms with Crippen LogP contribution in [0, 0.1) is 6.92 Å². The van der Waals surface area contributed by atoms with Gasteiger partial charge in [0.05, 0.1) is 11.2 Å². The van der Waals surface area contributed by atoms with Crippen LogP contribution in [0.1, 0.15) is 41.4 Å². The third-order valence-electron chi connectivity index (χ3n) is 5.09. The van der Waals surface area contributed by atoms with E-state index in [2.05, 4.69) is 57.3 Å². The van der Waals surface area contributed by atoms with Crippen molar-refractivity contribution >= 4 is 16.6 Å². The number of aryl methyl sites for hydroxylation is 1. The Labute approximate surface area is 135 Å². The lowest BCUT2D eigenvalue weighted by Crippen LogP contribution is -2.30. The monoisotopic (exact) mass is 304 g/mol. The van der Waals surface area contributed by atoms with Crippen LogP contribution in [-0.2, 0) is 13.0 Å². The standard InChI is InChI=1S/C19H20N4/c1-12-10-18(14-4-2-3-5-16(14)20-12)23-9-8-17-15(11-23)19(22-21-17)13-6-7-13/h2-5,10,13H,6-9,11H2,1H3,(H,21,22). The highest BCUT2D eigenvalue weighted by Crippen LogP contribution is 2.42. The number of rotatable bonds is 2. The van der Waals surface area contributed by atoms with Crippen molar-refractivity contribution in [2.45, 2.75) is 38.6 Å². The maximum absolute atomic E-state index is 4.68. The van der Waals surface area contributed by atoms with Gasteiger partial charge in [-0.25, -0.2) is 0 Å². The largest absolute Gasteiger partial charge is 0.366 e. The summed E-state index contributed by atoms with van der Waals surface area (Å²) >= 11 is 0. The molecule has 4 nitrogen and oxygen atoms in total. The van der Waals surface area contributed by atoms with Crippen LogP contribution in [0.4, 0.5) is 5.69 Å². The maximum Gasteiger partial charge on any atom is 0.0726 e. The number of H-pyrrole nitrogens is 1. The van der Waals surface area contributed by atoms with Gasteiger partial charge in [-0.2, -0.15) is 5.10 Å². The number of pyridine rings is 1. The van der Waals surface area contributed by atoms with E-state index in [4.69, 9.17) is 0 Å². The highest BCUT2D eigenvalue weighted by atomic mass is 15.2. The normalized spacial score (nSPS) is 17.5. The molecule has 0 bridgehead atoms. The summed E-state index contributed by atoms with van der Waals surface area (Å²) in [6.45, 7) is 4.08. The lowest BCUT2D eigenvalue weighted by Gasteiger charge is -2.30.